The van der Waals surface area contributed by atoms with Crippen molar-refractivity contribution in [3.05, 3.63) is 54.1 Å². The fourth-order valence-corrected chi connectivity index (χ4v) is 4.83. The smallest absolute Gasteiger partial charge is 0.326 e. The molecule has 3 rings (SSSR count). The highest BCUT2D eigenvalue weighted by Gasteiger charge is 2.28. The number of hydrogen-bond acceptors (Lipinski definition) is 10. The first kappa shape index (κ1) is 29.7. The summed E-state index contributed by atoms with van der Waals surface area (Å²) in [5.74, 6) is -0.650. The summed E-state index contributed by atoms with van der Waals surface area (Å²) in [5.41, 5.74) is -0.0796. The summed E-state index contributed by atoms with van der Waals surface area (Å²) in [5, 5.41) is 19.1. The maximum absolute atomic E-state index is 12.8. The van der Waals surface area contributed by atoms with E-state index in [9.17, 15) is 23.1 Å². The topological polar surface area (TPSA) is 167 Å². The number of hydrogen-bond donors (Lipinski definition) is 5. The molecule has 2 aromatic rings. The molecule has 2 aromatic carbocycles. The van der Waals surface area contributed by atoms with Gasteiger partial charge >= 0.3 is 5.97 Å². The number of nitrogens with one attached hydrogen (secondary N) is 4. The Labute approximate surface area is 228 Å². The Morgan fingerprint density at radius 2 is 1.95 bits per heavy atom. The van der Waals surface area contributed by atoms with Crippen LogP contribution in [0.25, 0.3) is 0 Å². The minimum Gasteiger partial charge on any atom is -0.507 e. The number of unbranched alkanes of at least 4 members (excludes halogenated alkanes) is 1. The first-order chi connectivity index (χ1) is 18.8. The van der Waals surface area contributed by atoms with Gasteiger partial charge in [-0.25, -0.2) is 8.42 Å². The van der Waals surface area contributed by atoms with Gasteiger partial charge in [0.25, 0.3) is 5.91 Å². The zero-order chi connectivity index (χ0) is 28.1. The number of guanidine groups is 1. The normalized spacial score (nSPS) is 13.9. The van der Waals surface area contributed by atoms with Crippen molar-refractivity contribution in [1.82, 2.24) is 20.7 Å². The molecule has 0 fully saturated rings. The second-order valence-corrected chi connectivity index (χ2v) is 10.3. The van der Waals surface area contributed by atoms with E-state index in [1.165, 1.54) is 24.3 Å². The van der Waals surface area contributed by atoms with E-state index in [1.807, 2.05) is 0 Å². The number of aliphatic imine (C=N–C) groups is 1. The van der Waals surface area contributed by atoms with Crippen molar-refractivity contribution in [2.75, 3.05) is 39.4 Å². The molecule has 1 atom stereocenters. The van der Waals surface area contributed by atoms with Crippen LogP contribution < -0.4 is 25.4 Å². The van der Waals surface area contributed by atoms with E-state index < -0.39 is 34.5 Å². The summed E-state index contributed by atoms with van der Waals surface area (Å²) >= 11 is 0. The molecule has 5 N–H and O–H groups in total. The van der Waals surface area contributed by atoms with E-state index in [4.69, 9.17) is 9.47 Å². The Balaban J connectivity index is 1.53. The lowest BCUT2D eigenvalue weighted by Crippen LogP contribution is -2.49. The van der Waals surface area contributed by atoms with Crippen LogP contribution in [0.2, 0.25) is 0 Å². The van der Waals surface area contributed by atoms with Crippen LogP contribution in [0.4, 0.5) is 0 Å². The second-order valence-electron chi connectivity index (χ2n) is 8.62. The molecule has 1 heterocycles. The zero-order valence-corrected chi connectivity index (χ0v) is 22.6. The lowest BCUT2D eigenvalue weighted by Gasteiger charge is -2.18. The van der Waals surface area contributed by atoms with E-state index in [1.54, 1.807) is 31.2 Å². The van der Waals surface area contributed by atoms with Gasteiger partial charge in [-0.1, -0.05) is 18.2 Å². The number of phenols is 1. The molecule has 12 nitrogen and oxygen atoms in total. The van der Waals surface area contributed by atoms with Crippen LogP contribution in [-0.2, 0) is 19.6 Å². The number of rotatable bonds is 14. The predicted octanol–water partition coefficient (Wildman–Crippen LogP) is 1.13. The average Bonchev–Trinajstić information content (AvgIpc) is 2.94. The van der Waals surface area contributed by atoms with Crippen molar-refractivity contribution >= 4 is 27.9 Å². The van der Waals surface area contributed by atoms with Crippen molar-refractivity contribution < 1.29 is 32.6 Å². The average molecular weight is 562 g/mol. The largest absolute Gasteiger partial charge is 0.507 e. The Morgan fingerprint density at radius 1 is 1.15 bits per heavy atom. The Morgan fingerprint density at radius 3 is 2.67 bits per heavy atom. The van der Waals surface area contributed by atoms with Crippen LogP contribution in [0.1, 0.15) is 36.5 Å². The minimum atomic E-state index is -4.06. The van der Waals surface area contributed by atoms with E-state index in [-0.39, 0.29) is 22.8 Å². The predicted molar refractivity (Wildman–Crippen MR) is 145 cm³/mol. The van der Waals surface area contributed by atoms with Crippen molar-refractivity contribution in [2.45, 2.75) is 37.1 Å². The van der Waals surface area contributed by atoms with Crippen molar-refractivity contribution in [3.8, 4) is 11.5 Å². The molecular weight excluding hydrogens is 526 g/mol. The summed E-state index contributed by atoms with van der Waals surface area (Å²) in [6, 6.07) is 10.4. The van der Waals surface area contributed by atoms with Crippen LogP contribution in [-0.4, -0.2) is 76.8 Å². The second kappa shape index (κ2) is 14.9. The van der Waals surface area contributed by atoms with Gasteiger partial charge in [-0.05, 0) is 56.5 Å². The summed E-state index contributed by atoms with van der Waals surface area (Å²) in [6.07, 6.45) is 2.64. The number of carbonyl (C=O) groups excluding carboxylic acids is 2. The molecule has 0 unspecified atom stereocenters. The first-order valence-corrected chi connectivity index (χ1v) is 14.3. The maximum atomic E-state index is 12.8. The third-order valence-corrected chi connectivity index (χ3v) is 7.12. The zero-order valence-electron chi connectivity index (χ0n) is 21.8. The summed E-state index contributed by atoms with van der Waals surface area (Å²) in [7, 11) is -4.06. The molecule has 1 aliphatic rings. The number of sulfonamides is 1. The van der Waals surface area contributed by atoms with Crippen molar-refractivity contribution in [2.24, 2.45) is 4.99 Å². The van der Waals surface area contributed by atoms with Crippen LogP contribution in [0.15, 0.2) is 58.4 Å². The fourth-order valence-electron chi connectivity index (χ4n) is 3.62. The van der Waals surface area contributed by atoms with Crippen LogP contribution >= 0.6 is 0 Å². The van der Waals surface area contributed by atoms with E-state index in [2.05, 4.69) is 25.7 Å². The molecule has 13 heteroatoms. The lowest BCUT2D eigenvalue weighted by molar-refractivity contribution is -0.144. The highest BCUT2D eigenvalue weighted by Crippen LogP contribution is 2.23. The number of carbonyl (C=O) groups is 2. The van der Waals surface area contributed by atoms with Gasteiger partial charge in [-0.3, -0.25) is 14.6 Å². The summed E-state index contributed by atoms with van der Waals surface area (Å²) < 4.78 is 38.4. The minimum absolute atomic E-state index is 0.0260. The van der Waals surface area contributed by atoms with Crippen molar-refractivity contribution in [1.29, 1.82) is 0 Å². The maximum Gasteiger partial charge on any atom is 0.326 e. The van der Waals surface area contributed by atoms with Gasteiger partial charge < -0.3 is 30.5 Å². The number of amides is 1. The lowest BCUT2D eigenvalue weighted by atomic mass is 10.1. The van der Waals surface area contributed by atoms with Crippen LogP contribution in [0.3, 0.4) is 0 Å². The van der Waals surface area contributed by atoms with Gasteiger partial charge in [-0.2, -0.15) is 4.72 Å². The SMILES string of the molecule is CCOC(=O)[C@H](CNC(=O)c1cc(OCCCCNC2=NCCCN2)ccc1O)NS(=O)(=O)c1ccccc1. The van der Waals surface area contributed by atoms with Gasteiger partial charge in [0.2, 0.25) is 10.0 Å². The highest BCUT2D eigenvalue weighted by atomic mass is 32.2. The van der Waals surface area contributed by atoms with Gasteiger partial charge in [0.1, 0.15) is 17.5 Å². The number of nitrogens with zero attached hydrogens (tertiary/aromatic N) is 1. The number of phenolic OH excluding ortho intramolecular Hbond substituents is 1. The number of esters is 1. The molecule has 0 saturated carbocycles. The van der Waals surface area contributed by atoms with Gasteiger partial charge in [0.05, 0.1) is 23.7 Å². The standard InChI is InChI=1S/C26H35N5O7S/c1-2-37-25(34)22(31-39(35,36)20-9-4-3-5-10-20)18-30-24(33)21-17-19(11-12-23(21)32)38-16-7-6-13-27-26-28-14-8-15-29-26/h3-5,9-12,17,22,31-32H,2,6-8,13-16,18H2,1H3,(H,30,33)(H2,27,28,29)/t22-/m0/s1. The monoisotopic (exact) mass is 561 g/mol. The number of benzene rings is 2. The highest BCUT2D eigenvalue weighted by molar-refractivity contribution is 7.89. The van der Waals surface area contributed by atoms with Gasteiger partial charge in [0.15, 0.2) is 5.96 Å². The number of ether oxygens (including phenoxy) is 2. The molecule has 0 spiro atoms. The molecule has 0 aromatic heterocycles. The Hall–Kier alpha value is -3.84. The fraction of sp³-hybridized carbons (Fsp3) is 0.423. The van der Waals surface area contributed by atoms with Crippen LogP contribution in [0, 0.1) is 0 Å². The number of aromatic hydroxyl groups is 1. The Bertz CT molecular complexity index is 1240. The molecule has 212 valence electrons. The summed E-state index contributed by atoms with van der Waals surface area (Å²) in [6.45, 7) is 4.09. The molecule has 0 radical (unpaired) electrons. The molecule has 1 amide bonds. The molecule has 1 aliphatic heterocycles. The molecule has 0 aliphatic carbocycles. The first-order valence-electron chi connectivity index (χ1n) is 12.8. The van der Waals surface area contributed by atoms with Crippen LogP contribution in [0.5, 0.6) is 11.5 Å². The van der Waals surface area contributed by atoms with E-state index in [0.29, 0.717) is 12.4 Å². The van der Waals surface area contributed by atoms with Gasteiger partial charge in [-0.15, -0.1) is 0 Å². The molecule has 0 bridgehead atoms. The van der Waals surface area contributed by atoms with E-state index in [0.717, 1.165) is 44.9 Å². The Kier molecular flexibility index (Phi) is 11.4. The van der Waals surface area contributed by atoms with E-state index >= 15 is 0 Å². The third-order valence-electron chi connectivity index (χ3n) is 5.63. The summed E-state index contributed by atoms with van der Waals surface area (Å²) in [4.78, 5) is 29.6. The molecule has 0 saturated heterocycles. The van der Waals surface area contributed by atoms with Gasteiger partial charge in [0, 0.05) is 26.2 Å². The third kappa shape index (κ3) is 9.45. The molecule has 39 heavy (non-hydrogen) atoms. The van der Waals surface area contributed by atoms with Crippen molar-refractivity contribution in [3.63, 3.8) is 0 Å². The molecular formula is C26H35N5O7S. The quantitative estimate of drug-likeness (QED) is 0.168.